The second-order valence-electron chi connectivity index (χ2n) is 13.7. The number of hydrogen-bond donors (Lipinski definition) is 0. The highest BCUT2D eigenvalue weighted by Crippen LogP contribution is 2.44. The van der Waals surface area contributed by atoms with Crippen molar-refractivity contribution >= 4 is 96.9 Å². The molecular weight excluding hydrogens is 651 g/mol. The molecule has 242 valence electrons. The molecule has 4 heteroatoms. The molecule has 0 bridgehead atoms. The van der Waals surface area contributed by atoms with Gasteiger partial charge >= 0.3 is 0 Å². The summed E-state index contributed by atoms with van der Waals surface area (Å²) in [6.07, 6.45) is 0. The number of thiophene rings is 1. The Labute approximate surface area is 302 Å². The highest BCUT2D eigenvalue weighted by molar-refractivity contribution is 7.25. The molecule has 0 N–H and O–H groups in total. The largest absolute Gasteiger partial charge is 0.309 e. The molecule has 0 saturated carbocycles. The lowest BCUT2D eigenvalue weighted by Gasteiger charge is -2.12. The van der Waals surface area contributed by atoms with Gasteiger partial charge < -0.3 is 13.7 Å². The molecule has 0 saturated heterocycles. The van der Waals surface area contributed by atoms with E-state index in [4.69, 9.17) is 0 Å². The average Bonchev–Trinajstić information content (AvgIpc) is 3.94. The number of rotatable bonds is 3. The molecule has 12 aromatic rings. The predicted molar refractivity (Wildman–Crippen MR) is 222 cm³/mol. The Hall–Kier alpha value is -6.62. The van der Waals surface area contributed by atoms with Crippen LogP contribution in [-0.4, -0.2) is 13.7 Å². The Bertz CT molecular complexity index is 3410. The molecule has 0 aliphatic carbocycles. The molecule has 0 unspecified atom stereocenters. The summed E-state index contributed by atoms with van der Waals surface area (Å²) in [5.41, 5.74) is 10.8. The first-order chi connectivity index (χ1) is 25.8. The first kappa shape index (κ1) is 28.1. The van der Waals surface area contributed by atoms with E-state index in [0.29, 0.717) is 0 Å². The smallest absolute Gasteiger partial charge is 0.0641 e. The van der Waals surface area contributed by atoms with E-state index in [1.807, 2.05) is 11.3 Å². The van der Waals surface area contributed by atoms with Crippen molar-refractivity contribution < 1.29 is 0 Å². The van der Waals surface area contributed by atoms with Crippen molar-refractivity contribution in [3.63, 3.8) is 0 Å². The van der Waals surface area contributed by atoms with Crippen LogP contribution in [0.5, 0.6) is 0 Å². The normalized spacial score (nSPS) is 12.2. The van der Waals surface area contributed by atoms with Crippen molar-refractivity contribution in [2.75, 3.05) is 0 Å². The van der Waals surface area contributed by atoms with Crippen molar-refractivity contribution in [3.8, 4) is 17.1 Å². The van der Waals surface area contributed by atoms with Crippen molar-refractivity contribution in [2.45, 2.75) is 0 Å². The minimum absolute atomic E-state index is 1.15. The van der Waals surface area contributed by atoms with Crippen LogP contribution in [0.3, 0.4) is 0 Å². The van der Waals surface area contributed by atoms with E-state index < -0.39 is 0 Å². The summed E-state index contributed by atoms with van der Waals surface area (Å²) in [6, 6.07) is 64.7. The fraction of sp³-hybridized carbons (Fsp3) is 0. The van der Waals surface area contributed by atoms with Crippen LogP contribution in [0.4, 0.5) is 0 Å². The summed E-state index contributed by atoms with van der Waals surface area (Å²) >= 11 is 1.87. The minimum Gasteiger partial charge on any atom is -0.309 e. The van der Waals surface area contributed by atoms with Gasteiger partial charge in [0.25, 0.3) is 0 Å². The number of nitrogens with zero attached hydrogens (tertiary/aromatic N) is 3. The highest BCUT2D eigenvalue weighted by atomic mass is 32.1. The quantitative estimate of drug-likeness (QED) is 0.177. The first-order valence-corrected chi connectivity index (χ1v) is 18.6. The van der Waals surface area contributed by atoms with E-state index in [0.717, 1.165) is 11.4 Å². The third-order valence-electron chi connectivity index (χ3n) is 11.0. The van der Waals surface area contributed by atoms with E-state index in [2.05, 4.69) is 190 Å². The molecule has 0 atom stereocenters. The summed E-state index contributed by atoms with van der Waals surface area (Å²) in [5.74, 6) is 0. The van der Waals surface area contributed by atoms with Gasteiger partial charge in [-0.3, -0.25) is 0 Å². The summed E-state index contributed by atoms with van der Waals surface area (Å²) in [5, 5.41) is 10.2. The maximum absolute atomic E-state index is 2.50. The first-order valence-electron chi connectivity index (χ1n) is 17.8. The van der Waals surface area contributed by atoms with Crippen LogP contribution in [0.15, 0.2) is 176 Å². The van der Waals surface area contributed by atoms with Crippen molar-refractivity contribution in [1.29, 1.82) is 0 Å². The molecule has 0 aliphatic rings. The maximum atomic E-state index is 2.50. The molecule has 4 heterocycles. The van der Waals surface area contributed by atoms with Gasteiger partial charge in [0.1, 0.15) is 0 Å². The van der Waals surface area contributed by atoms with Crippen LogP contribution in [0.2, 0.25) is 0 Å². The van der Waals surface area contributed by atoms with Crippen molar-refractivity contribution in [1.82, 2.24) is 13.7 Å². The third kappa shape index (κ3) is 3.74. The van der Waals surface area contributed by atoms with E-state index in [-0.39, 0.29) is 0 Å². The van der Waals surface area contributed by atoms with Gasteiger partial charge in [-0.25, -0.2) is 0 Å². The van der Waals surface area contributed by atoms with Crippen molar-refractivity contribution in [2.24, 2.45) is 0 Å². The predicted octanol–water partition coefficient (Wildman–Crippen LogP) is 13.3. The van der Waals surface area contributed by atoms with E-state index in [9.17, 15) is 0 Å². The topological polar surface area (TPSA) is 14.8 Å². The monoisotopic (exact) mass is 679 g/mol. The summed E-state index contributed by atoms with van der Waals surface area (Å²) < 4.78 is 10.0. The molecule has 52 heavy (non-hydrogen) atoms. The molecular formula is C48H29N3S. The lowest BCUT2D eigenvalue weighted by molar-refractivity contribution is 1.15. The van der Waals surface area contributed by atoms with E-state index >= 15 is 0 Å². The molecule has 3 nitrogen and oxygen atoms in total. The van der Waals surface area contributed by atoms with Gasteiger partial charge in [-0.2, -0.15) is 0 Å². The Morgan fingerprint density at radius 1 is 0.288 bits per heavy atom. The van der Waals surface area contributed by atoms with Crippen LogP contribution in [0.25, 0.3) is 103 Å². The fourth-order valence-corrected chi connectivity index (χ4v) is 10.0. The zero-order valence-corrected chi connectivity index (χ0v) is 28.8. The average molecular weight is 680 g/mol. The number of fused-ring (bicyclic) bond motifs is 13. The van der Waals surface area contributed by atoms with Crippen LogP contribution in [-0.2, 0) is 0 Å². The van der Waals surface area contributed by atoms with Gasteiger partial charge in [-0.15, -0.1) is 11.3 Å². The van der Waals surface area contributed by atoms with Crippen LogP contribution < -0.4 is 0 Å². The Morgan fingerprint density at radius 3 is 1.60 bits per heavy atom. The van der Waals surface area contributed by atoms with Gasteiger partial charge in [-0.05, 0) is 66.7 Å². The van der Waals surface area contributed by atoms with Gasteiger partial charge in [0.05, 0.1) is 33.1 Å². The van der Waals surface area contributed by atoms with Gasteiger partial charge in [0.2, 0.25) is 0 Å². The zero-order chi connectivity index (χ0) is 33.9. The van der Waals surface area contributed by atoms with Gasteiger partial charge in [-0.1, -0.05) is 109 Å². The van der Waals surface area contributed by atoms with Gasteiger partial charge in [0.15, 0.2) is 0 Å². The molecule has 4 aromatic heterocycles. The molecule has 0 fully saturated rings. The Morgan fingerprint density at radius 2 is 0.808 bits per heavy atom. The molecule has 8 aromatic carbocycles. The lowest BCUT2D eigenvalue weighted by Crippen LogP contribution is -1.97. The zero-order valence-electron chi connectivity index (χ0n) is 28.0. The molecule has 0 radical (unpaired) electrons. The highest BCUT2D eigenvalue weighted by Gasteiger charge is 2.22. The number of hydrogen-bond acceptors (Lipinski definition) is 1. The molecule has 0 aliphatic heterocycles. The van der Waals surface area contributed by atoms with Crippen LogP contribution >= 0.6 is 11.3 Å². The second kappa shape index (κ2) is 10.5. The fourth-order valence-electron chi connectivity index (χ4n) is 8.86. The number of benzene rings is 8. The lowest BCUT2D eigenvalue weighted by atomic mass is 10.1. The minimum atomic E-state index is 1.15. The maximum Gasteiger partial charge on any atom is 0.0641 e. The third-order valence-corrected chi connectivity index (χ3v) is 12.2. The molecule has 0 spiro atoms. The van der Waals surface area contributed by atoms with E-state index in [1.54, 1.807) is 0 Å². The van der Waals surface area contributed by atoms with Crippen LogP contribution in [0, 0.1) is 0 Å². The summed E-state index contributed by atoms with van der Waals surface area (Å²) in [6.45, 7) is 0. The second-order valence-corrected chi connectivity index (χ2v) is 14.8. The Balaban J connectivity index is 1.19. The SMILES string of the molecule is c1ccc(-n2c3ccccc3c3ccc(-n4c5ccccc5c5c4ccc4c6ccccc6n(-c6ccc7c(c6)sc6ccccc67)c45)cc32)cc1. The number of para-hydroxylation sites is 4. The van der Waals surface area contributed by atoms with E-state index in [1.165, 1.54) is 91.3 Å². The van der Waals surface area contributed by atoms with Crippen LogP contribution in [0.1, 0.15) is 0 Å². The summed E-state index contributed by atoms with van der Waals surface area (Å²) in [7, 11) is 0. The number of aromatic nitrogens is 3. The summed E-state index contributed by atoms with van der Waals surface area (Å²) in [4.78, 5) is 0. The Kier molecular flexibility index (Phi) is 5.65. The molecule has 12 rings (SSSR count). The van der Waals surface area contributed by atoms with Crippen molar-refractivity contribution in [3.05, 3.63) is 176 Å². The standard InChI is InChI=1S/C48H29N3S/c1-2-12-30(13-3-1)49-40-18-8-4-14-33(40)35-24-22-31(28-44(35)49)50-42-20-10-6-17-39(42)47-43(50)27-26-38-34-15-5-9-19-41(34)51(48(38)47)32-23-25-37-36-16-7-11-21-45(36)52-46(37)29-32/h1-29H. The van der Waals surface area contributed by atoms with Gasteiger partial charge in [0, 0.05) is 69.6 Å². The molecule has 0 amide bonds.